The lowest BCUT2D eigenvalue weighted by molar-refractivity contribution is 0.573. The van der Waals surface area contributed by atoms with Crippen LogP contribution in [-0.4, -0.2) is 17.0 Å². The van der Waals surface area contributed by atoms with Crippen LogP contribution in [0.4, 0.5) is 10.8 Å². The van der Waals surface area contributed by atoms with Crippen molar-refractivity contribution in [3.63, 3.8) is 0 Å². The van der Waals surface area contributed by atoms with Gasteiger partial charge in [0.25, 0.3) is 0 Å². The molecular formula is C13H23N3S. The van der Waals surface area contributed by atoms with Crippen LogP contribution in [0.1, 0.15) is 52.0 Å². The first-order chi connectivity index (χ1) is 8.00. The molecule has 96 valence electrons. The van der Waals surface area contributed by atoms with Gasteiger partial charge in [-0.05, 0) is 50.1 Å². The quantitative estimate of drug-likeness (QED) is 0.873. The predicted molar refractivity (Wildman–Crippen MR) is 75.8 cm³/mol. The molecule has 3 nitrogen and oxygen atoms in total. The van der Waals surface area contributed by atoms with E-state index in [4.69, 9.17) is 5.73 Å². The summed E-state index contributed by atoms with van der Waals surface area (Å²) >= 11 is 1.57. The van der Waals surface area contributed by atoms with Crippen LogP contribution in [0.2, 0.25) is 0 Å². The Morgan fingerprint density at radius 3 is 2.47 bits per heavy atom. The molecule has 1 aromatic rings. The molecule has 0 amide bonds. The van der Waals surface area contributed by atoms with E-state index in [1.807, 2.05) is 0 Å². The zero-order valence-corrected chi connectivity index (χ0v) is 12.0. The maximum atomic E-state index is 6.02. The molecule has 0 saturated heterocycles. The Bertz CT molecular complexity index is 380. The maximum Gasteiger partial charge on any atom is 0.142 e. The highest BCUT2D eigenvalue weighted by Gasteiger charge is 2.32. The fourth-order valence-corrected chi connectivity index (χ4v) is 3.23. The van der Waals surface area contributed by atoms with Crippen molar-refractivity contribution in [3.8, 4) is 0 Å². The molecule has 0 aliphatic heterocycles. The van der Waals surface area contributed by atoms with Crippen LogP contribution in [0.3, 0.4) is 0 Å². The van der Waals surface area contributed by atoms with Crippen molar-refractivity contribution in [1.29, 1.82) is 0 Å². The van der Waals surface area contributed by atoms with Gasteiger partial charge in [-0.2, -0.15) is 4.37 Å². The Labute approximate surface area is 108 Å². The van der Waals surface area contributed by atoms with Gasteiger partial charge >= 0.3 is 0 Å². The van der Waals surface area contributed by atoms with Crippen molar-refractivity contribution < 1.29 is 0 Å². The van der Waals surface area contributed by atoms with E-state index >= 15 is 0 Å². The van der Waals surface area contributed by atoms with Gasteiger partial charge in [-0.3, -0.25) is 0 Å². The van der Waals surface area contributed by atoms with E-state index in [1.165, 1.54) is 23.4 Å². The molecule has 1 heterocycles. The summed E-state index contributed by atoms with van der Waals surface area (Å²) in [5, 5.41) is 1.31. The second-order valence-corrected chi connectivity index (χ2v) is 6.45. The number of aromatic nitrogens is 1. The summed E-state index contributed by atoms with van der Waals surface area (Å²) < 4.78 is 4.37. The Morgan fingerprint density at radius 1 is 1.35 bits per heavy atom. The summed E-state index contributed by atoms with van der Waals surface area (Å²) in [5.41, 5.74) is 7.35. The van der Waals surface area contributed by atoms with Crippen molar-refractivity contribution in [3.05, 3.63) is 5.56 Å². The molecular weight excluding hydrogens is 230 g/mol. The van der Waals surface area contributed by atoms with E-state index in [1.54, 1.807) is 11.5 Å². The monoisotopic (exact) mass is 253 g/mol. The average molecular weight is 253 g/mol. The first-order valence-electron chi connectivity index (χ1n) is 6.52. The minimum Gasteiger partial charge on any atom is -0.383 e. The average Bonchev–Trinajstić information content (AvgIpc) is 2.99. The van der Waals surface area contributed by atoms with Gasteiger partial charge in [0.15, 0.2) is 0 Å². The smallest absolute Gasteiger partial charge is 0.142 e. The SMILES string of the molecule is CC(C)CN(c1snc(N)c1C1CC1)C(C)C. The number of rotatable bonds is 5. The summed E-state index contributed by atoms with van der Waals surface area (Å²) in [6, 6.07) is 0.509. The zero-order chi connectivity index (χ0) is 12.6. The van der Waals surface area contributed by atoms with Gasteiger partial charge in [-0.1, -0.05) is 13.8 Å². The molecule has 1 fully saturated rings. The van der Waals surface area contributed by atoms with Crippen molar-refractivity contribution in [2.45, 2.75) is 52.5 Å². The fraction of sp³-hybridized carbons (Fsp3) is 0.769. The van der Waals surface area contributed by atoms with Crippen LogP contribution in [0.15, 0.2) is 0 Å². The van der Waals surface area contributed by atoms with Crippen molar-refractivity contribution in [2.24, 2.45) is 5.92 Å². The Balaban J connectivity index is 2.28. The van der Waals surface area contributed by atoms with E-state index < -0.39 is 0 Å². The number of hydrogen-bond donors (Lipinski definition) is 1. The standard InChI is InChI=1S/C13H23N3S/c1-8(2)7-16(9(3)4)13-11(10-5-6-10)12(14)15-17-13/h8-10H,5-7H2,1-4H3,(H2,14,15). The molecule has 2 rings (SSSR count). The molecule has 0 spiro atoms. The van der Waals surface area contributed by atoms with Gasteiger partial charge < -0.3 is 10.6 Å². The van der Waals surface area contributed by atoms with Gasteiger partial charge in [0.2, 0.25) is 0 Å². The van der Waals surface area contributed by atoms with Crippen LogP contribution >= 0.6 is 11.5 Å². The molecule has 1 aliphatic rings. The van der Waals surface area contributed by atoms with E-state index in [0.29, 0.717) is 17.9 Å². The lowest BCUT2D eigenvalue weighted by atomic mass is 10.1. The largest absolute Gasteiger partial charge is 0.383 e. The van der Waals surface area contributed by atoms with Crippen LogP contribution in [-0.2, 0) is 0 Å². The zero-order valence-electron chi connectivity index (χ0n) is 11.2. The first-order valence-corrected chi connectivity index (χ1v) is 7.29. The van der Waals surface area contributed by atoms with Crippen LogP contribution < -0.4 is 10.6 Å². The summed E-state index contributed by atoms with van der Waals surface area (Å²) in [7, 11) is 0. The highest BCUT2D eigenvalue weighted by atomic mass is 32.1. The van der Waals surface area contributed by atoms with E-state index in [9.17, 15) is 0 Å². The van der Waals surface area contributed by atoms with E-state index in [2.05, 4.69) is 37.0 Å². The van der Waals surface area contributed by atoms with Crippen molar-refractivity contribution >= 4 is 22.4 Å². The summed E-state index contributed by atoms with van der Waals surface area (Å²) in [5.74, 6) is 2.10. The van der Waals surface area contributed by atoms with Gasteiger partial charge in [-0.15, -0.1) is 0 Å². The number of hydrogen-bond acceptors (Lipinski definition) is 4. The molecule has 0 aromatic carbocycles. The lowest BCUT2D eigenvalue weighted by Crippen LogP contribution is -2.34. The summed E-state index contributed by atoms with van der Waals surface area (Å²) in [4.78, 5) is 2.46. The van der Waals surface area contributed by atoms with Gasteiger partial charge in [0.05, 0.1) is 0 Å². The second-order valence-electron chi connectivity index (χ2n) is 5.70. The molecule has 2 N–H and O–H groups in total. The third-order valence-corrected chi connectivity index (χ3v) is 4.08. The number of nitrogens with two attached hydrogens (primary N) is 1. The molecule has 4 heteroatoms. The first kappa shape index (κ1) is 12.7. The van der Waals surface area contributed by atoms with Crippen LogP contribution in [0, 0.1) is 5.92 Å². The second kappa shape index (κ2) is 4.84. The Morgan fingerprint density at radius 2 is 2.00 bits per heavy atom. The summed E-state index contributed by atoms with van der Waals surface area (Å²) in [6.45, 7) is 10.1. The molecule has 0 atom stereocenters. The maximum absolute atomic E-state index is 6.02. The Kier molecular flexibility index (Phi) is 3.61. The highest BCUT2D eigenvalue weighted by molar-refractivity contribution is 7.10. The van der Waals surface area contributed by atoms with Crippen LogP contribution in [0.25, 0.3) is 0 Å². The minimum absolute atomic E-state index is 0.509. The van der Waals surface area contributed by atoms with Crippen LogP contribution in [0.5, 0.6) is 0 Å². The molecule has 1 saturated carbocycles. The Hall–Kier alpha value is -0.770. The third kappa shape index (κ3) is 2.73. The predicted octanol–water partition coefficient (Wildman–Crippen LogP) is 3.47. The van der Waals surface area contributed by atoms with E-state index in [-0.39, 0.29) is 0 Å². The van der Waals surface area contributed by atoms with Gasteiger partial charge in [-0.25, -0.2) is 0 Å². The molecule has 17 heavy (non-hydrogen) atoms. The highest BCUT2D eigenvalue weighted by Crippen LogP contribution is 2.49. The fourth-order valence-electron chi connectivity index (χ4n) is 2.18. The third-order valence-electron chi connectivity index (χ3n) is 3.17. The molecule has 0 bridgehead atoms. The molecule has 0 radical (unpaired) electrons. The van der Waals surface area contributed by atoms with Gasteiger partial charge in [0, 0.05) is 18.2 Å². The van der Waals surface area contributed by atoms with Gasteiger partial charge in [0.1, 0.15) is 10.8 Å². The molecule has 1 aliphatic carbocycles. The normalized spacial score (nSPS) is 15.9. The number of nitrogen functional groups attached to an aromatic ring is 1. The van der Waals surface area contributed by atoms with Crippen molar-refractivity contribution in [2.75, 3.05) is 17.2 Å². The molecule has 0 unspecified atom stereocenters. The topological polar surface area (TPSA) is 42.2 Å². The van der Waals surface area contributed by atoms with E-state index in [0.717, 1.165) is 12.4 Å². The lowest BCUT2D eigenvalue weighted by Gasteiger charge is -2.30. The summed E-state index contributed by atoms with van der Waals surface area (Å²) in [6.07, 6.45) is 2.56. The minimum atomic E-state index is 0.509. The number of anilines is 2. The van der Waals surface area contributed by atoms with Crippen molar-refractivity contribution in [1.82, 2.24) is 4.37 Å². The molecule has 1 aromatic heterocycles. The number of nitrogens with zero attached hydrogens (tertiary/aromatic N) is 2.